The molecule has 1 aromatic heterocycles. The van der Waals surface area contributed by atoms with Gasteiger partial charge < -0.3 is 10.6 Å². The summed E-state index contributed by atoms with van der Waals surface area (Å²) in [5.74, 6) is -0.0858. The van der Waals surface area contributed by atoms with Crippen LogP contribution in [0.15, 0.2) is 30.5 Å². The summed E-state index contributed by atoms with van der Waals surface area (Å²) in [4.78, 5) is 12.9. The molecule has 2 N–H and O–H groups in total. The normalized spacial score (nSPS) is 15.4. The number of hydrogen-bond acceptors (Lipinski definition) is 3. The Morgan fingerprint density at radius 2 is 1.92 bits per heavy atom. The molecule has 0 atom stereocenters. The summed E-state index contributed by atoms with van der Waals surface area (Å²) in [5, 5.41) is 11.7. The largest absolute Gasteiger partial charge is 0.349 e. The number of hydrogen-bond donors (Lipinski definition) is 2. The summed E-state index contributed by atoms with van der Waals surface area (Å²) >= 11 is 6.36. The van der Waals surface area contributed by atoms with E-state index in [0.29, 0.717) is 16.3 Å². The fourth-order valence-electron chi connectivity index (χ4n) is 2.97. The minimum atomic E-state index is -0.219. The fraction of sp³-hybridized carbons (Fsp3) is 0.474. The highest BCUT2D eigenvalue weighted by Crippen LogP contribution is 2.30. The number of halogens is 2. The van der Waals surface area contributed by atoms with Crippen molar-refractivity contribution < 1.29 is 4.79 Å². The van der Waals surface area contributed by atoms with E-state index in [0.717, 1.165) is 31.5 Å². The molecule has 3 rings (SSSR count). The zero-order valence-corrected chi connectivity index (χ0v) is 17.0. The first-order chi connectivity index (χ1) is 11.9. The molecule has 1 aromatic carbocycles. The third kappa shape index (κ3) is 4.58. The second-order valence-corrected chi connectivity index (χ2v) is 7.89. The lowest BCUT2D eigenvalue weighted by molar-refractivity contribution is 0.0930. The van der Waals surface area contributed by atoms with E-state index in [-0.39, 0.29) is 29.9 Å². The predicted molar refractivity (Wildman–Crippen MR) is 108 cm³/mol. The number of benzene rings is 1. The fourth-order valence-corrected chi connectivity index (χ4v) is 3.19. The van der Waals surface area contributed by atoms with Gasteiger partial charge in [-0.25, -0.2) is 0 Å². The Labute approximate surface area is 165 Å². The zero-order chi connectivity index (χ0) is 18.0. The molecule has 1 amide bonds. The van der Waals surface area contributed by atoms with Gasteiger partial charge in [-0.05, 0) is 52.8 Å². The maximum Gasteiger partial charge on any atom is 0.255 e. The van der Waals surface area contributed by atoms with E-state index in [2.05, 4.69) is 36.5 Å². The first-order valence-corrected chi connectivity index (χ1v) is 9.10. The van der Waals surface area contributed by atoms with Gasteiger partial charge in [0.1, 0.15) is 5.69 Å². The lowest BCUT2D eigenvalue weighted by Crippen LogP contribution is -2.42. The summed E-state index contributed by atoms with van der Waals surface area (Å²) in [6.07, 6.45) is 3.72. The van der Waals surface area contributed by atoms with Crippen LogP contribution in [0.3, 0.4) is 0 Å². The van der Waals surface area contributed by atoms with E-state index in [1.807, 2.05) is 35.1 Å². The third-order valence-corrected chi connectivity index (χ3v) is 4.78. The molecule has 1 saturated heterocycles. The van der Waals surface area contributed by atoms with Crippen LogP contribution in [-0.4, -0.2) is 34.8 Å². The van der Waals surface area contributed by atoms with E-state index >= 15 is 0 Å². The van der Waals surface area contributed by atoms with Gasteiger partial charge in [-0.2, -0.15) is 5.10 Å². The molecular weight excluding hydrogens is 371 g/mol. The Bertz CT molecular complexity index is 761. The van der Waals surface area contributed by atoms with Gasteiger partial charge >= 0.3 is 0 Å². The number of aromatic nitrogens is 2. The van der Waals surface area contributed by atoms with E-state index in [9.17, 15) is 4.79 Å². The van der Waals surface area contributed by atoms with Crippen LogP contribution in [0.2, 0.25) is 5.02 Å². The Balaban J connectivity index is 0.00000243. The van der Waals surface area contributed by atoms with Gasteiger partial charge in [0.05, 0.1) is 16.1 Å². The molecule has 0 radical (unpaired) electrons. The molecular formula is C19H26Cl2N4O. The monoisotopic (exact) mass is 396 g/mol. The average molecular weight is 397 g/mol. The van der Waals surface area contributed by atoms with Gasteiger partial charge in [-0.15, -0.1) is 12.4 Å². The van der Waals surface area contributed by atoms with Crippen LogP contribution in [-0.2, 0) is 5.54 Å². The van der Waals surface area contributed by atoms with Crippen molar-refractivity contribution in [2.24, 2.45) is 0 Å². The first-order valence-electron chi connectivity index (χ1n) is 8.73. The summed E-state index contributed by atoms with van der Waals surface area (Å²) in [6, 6.07) is 7.71. The van der Waals surface area contributed by atoms with Gasteiger partial charge in [-0.1, -0.05) is 29.8 Å². The maximum atomic E-state index is 12.9. The number of nitrogens with zero attached hydrogens (tertiary/aromatic N) is 2. The second kappa shape index (κ2) is 8.42. The number of nitrogens with one attached hydrogen (secondary N) is 2. The molecule has 0 aliphatic carbocycles. The van der Waals surface area contributed by atoms with E-state index in [4.69, 9.17) is 11.6 Å². The quantitative estimate of drug-likeness (QED) is 0.827. The number of carbonyl (C=O) groups excluding carboxylic acids is 1. The van der Waals surface area contributed by atoms with Crippen LogP contribution in [0.25, 0.3) is 11.3 Å². The zero-order valence-electron chi connectivity index (χ0n) is 15.4. The molecule has 2 heterocycles. The van der Waals surface area contributed by atoms with Gasteiger partial charge in [0.15, 0.2) is 0 Å². The highest BCUT2D eigenvalue weighted by Gasteiger charge is 2.25. The Morgan fingerprint density at radius 3 is 2.54 bits per heavy atom. The summed E-state index contributed by atoms with van der Waals surface area (Å²) in [6.45, 7) is 8.05. The molecule has 0 spiro atoms. The van der Waals surface area contributed by atoms with Crippen molar-refractivity contribution in [3.8, 4) is 11.3 Å². The third-order valence-electron chi connectivity index (χ3n) is 4.45. The highest BCUT2D eigenvalue weighted by atomic mass is 35.5. The molecule has 1 aliphatic heterocycles. The van der Waals surface area contributed by atoms with E-state index < -0.39 is 0 Å². The Hall–Kier alpha value is -1.56. The average Bonchev–Trinajstić information content (AvgIpc) is 3.02. The van der Waals surface area contributed by atoms with Crippen LogP contribution in [0.4, 0.5) is 0 Å². The van der Waals surface area contributed by atoms with Crippen LogP contribution in [0.1, 0.15) is 44.0 Å². The van der Waals surface area contributed by atoms with Crippen molar-refractivity contribution in [2.75, 3.05) is 13.1 Å². The molecule has 0 unspecified atom stereocenters. The van der Waals surface area contributed by atoms with E-state index in [1.165, 1.54) is 0 Å². The molecule has 142 valence electrons. The van der Waals surface area contributed by atoms with E-state index in [1.54, 1.807) is 0 Å². The SMILES string of the molecule is CC(C)(C)n1cc(C(=O)NC2CCNCC2)c(-c2ccccc2Cl)n1.Cl. The van der Waals surface area contributed by atoms with Crippen molar-refractivity contribution in [3.63, 3.8) is 0 Å². The lowest BCUT2D eigenvalue weighted by atomic mass is 10.0. The molecule has 5 nitrogen and oxygen atoms in total. The Morgan fingerprint density at radius 1 is 1.27 bits per heavy atom. The Kier molecular flexibility index (Phi) is 6.72. The predicted octanol–water partition coefficient (Wildman–Crippen LogP) is 3.86. The topological polar surface area (TPSA) is 59.0 Å². The smallest absolute Gasteiger partial charge is 0.255 e. The van der Waals surface area contributed by atoms with Gasteiger partial charge in [-0.3, -0.25) is 9.48 Å². The summed E-state index contributed by atoms with van der Waals surface area (Å²) in [5.41, 5.74) is 1.76. The van der Waals surface area contributed by atoms with Crippen molar-refractivity contribution in [3.05, 3.63) is 41.0 Å². The molecule has 1 aliphatic rings. The van der Waals surface area contributed by atoms with Gasteiger partial charge in [0.25, 0.3) is 5.91 Å². The van der Waals surface area contributed by atoms with Crippen molar-refractivity contribution in [1.82, 2.24) is 20.4 Å². The number of carbonyl (C=O) groups is 1. The molecule has 7 heteroatoms. The standard InChI is InChI=1S/C19H25ClN4O.ClH/c1-19(2,3)24-12-15(18(25)22-13-8-10-21-11-9-13)17(23-24)14-6-4-5-7-16(14)20;/h4-7,12-13,21H,8-11H2,1-3H3,(H,22,25);1H. The summed E-state index contributed by atoms with van der Waals surface area (Å²) < 4.78 is 1.84. The van der Waals surface area contributed by atoms with Crippen LogP contribution in [0.5, 0.6) is 0 Å². The number of rotatable bonds is 3. The van der Waals surface area contributed by atoms with Crippen LogP contribution in [0, 0.1) is 0 Å². The molecule has 2 aromatic rings. The first kappa shape index (κ1) is 20.7. The van der Waals surface area contributed by atoms with Gasteiger partial charge in [0, 0.05) is 17.8 Å². The highest BCUT2D eigenvalue weighted by molar-refractivity contribution is 6.33. The molecule has 26 heavy (non-hydrogen) atoms. The minimum Gasteiger partial charge on any atom is -0.349 e. The molecule has 1 fully saturated rings. The van der Waals surface area contributed by atoms with Crippen molar-refractivity contribution in [1.29, 1.82) is 0 Å². The second-order valence-electron chi connectivity index (χ2n) is 7.48. The van der Waals surface area contributed by atoms with Crippen LogP contribution < -0.4 is 10.6 Å². The maximum absolute atomic E-state index is 12.9. The van der Waals surface area contributed by atoms with Crippen LogP contribution >= 0.6 is 24.0 Å². The summed E-state index contributed by atoms with van der Waals surface area (Å²) in [7, 11) is 0. The van der Waals surface area contributed by atoms with Crippen molar-refractivity contribution >= 4 is 29.9 Å². The number of piperidine rings is 1. The minimum absolute atomic E-state index is 0. The molecule has 0 saturated carbocycles. The van der Waals surface area contributed by atoms with Gasteiger partial charge in [0.2, 0.25) is 0 Å². The lowest BCUT2D eigenvalue weighted by Gasteiger charge is -2.23. The molecule has 0 bridgehead atoms. The number of amides is 1. The van der Waals surface area contributed by atoms with Crippen molar-refractivity contribution in [2.45, 2.75) is 45.2 Å².